The van der Waals surface area contributed by atoms with Crippen molar-refractivity contribution in [2.75, 3.05) is 31.6 Å². The standard InChI is InChI=1S/C24H24ClN3O6S/c25-20-18(35-17-7-2-1-6-16(17)28(32)33)12-15-19(20)13-4-3-5-14(21(13)26-22(15)24(30)31)23(29)27-8-10-34-11-9-27/h1-7,15,18-20,22,26H,8-12H2,(H,30,31). The summed E-state index contributed by atoms with van der Waals surface area (Å²) < 4.78 is 5.35. The summed E-state index contributed by atoms with van der Waals surface area (Å²) in [6.45, 7) is 1.88. The molecule has 11 heteroatoms. The molecule has 3 aliphatic rings. The molecule has 1 saturated carbocycles. The van der Waals surface area contributed by atoms with Gasteiger partial charge in [0.25, 0.3) is 11.6 Å². The zero-order chi connectivity index (χ0) is 24.7. The number of carboxylic acids is 1. The van der Waals surface area contributed by atoms with Crippen molar-refractivity contribution in [2.24, 2.45) is 5.92 Å². The van der Waals surface area contributed by atoms with Gasteiger partial charge in [-0.15, -0.1) is 23.4 Å². The van der Waals surface area contributed by atoms with E-state index in [9.17, 15) is 24.8 Å². The largest absolute Gasteiger partial charge is 0.480 e. The van der Waals surface area contributed by atoms with Crippen molar-refractivity contribution in [1.82, 2.24) is 4.90 Å². The van der Waals surface area contributed by atoms with Crippen LogP contribution in [0.5, 0.6) is 0 Å². The quantitative estimate of drug-likeness (QED) is 0.349. The van der Waals surface area contributed by atoms with Gasteiger partial charge in [-0.3, -0.25) is 14.9 Å². The number of para-hydroxylation sites is 2. The fourth-order valence-corrected chi connectivity index (χ4v) is 7.32. The van der Waals surface area contributed by atoms with Crippen molar-refractivity contribution >= 4 is 46.6 Å². The number of nitro benzene ring substituents is 1. The molecule has 2 N–H and O–H groups in total. The van der Waals surface area contributed by atoms with E-state index < -0.39 is 22.3 Å². The van der Waals surface area contributed by atoms with Crippen LogP contribution in [0, 0.1) is 16.0 Å². The molecule has 2 heterocycles. The van der Waals surface area contributed by atoms with E-state index in [1.54, 1.807) is 35.2 Å². The summed E-state index contributed by atoms with van der Waals surface area (Å²) in [6.07, 6.45) is 0.473. The van der Waals surface area contributed by atoms with E-state index in [4.69, 9.17) is 16.3 Å². The number of halogens is 1. The molecular formula is C24H24ClN3O6S. The summed E-state index contributed by atoms with van der Waals surface area (Å²) in [4.78, 5) is 38.9. The molecule has 35 heavy (non-hydrogen) atoms. The first kappa shape index (κ1) is 23.9. The zero-order valence-corrected chi connectivity index (χ0v) is 20.2. The number of benzene rings is 2. The molecule has 184 valence electrons. The highest BCUT2D eigenvalue weighted by Crippen LogP contribution is 2.55. The van der Waals surface area contributed by atoms with Crippen LogP contribution in [-0.4, -0.2) is 69.8 Å². The van der Waals surface area contributed by atoms with E-state index in [-0.39, 0.29) is 28.7 Å². The minimum atomic E-state index is -1.01. The Morgan fingerprint density at radius 2 is 1.91 bits per heavy atom. The second-order valence-electron chi connectivity index (χ2n) is 8.89. The Morgan fingerprint density at radius 3 is 2.63 bits per heavy atom. The summed E-state index contributed by atoms with van der Waals surface area (Å²) in [6, 6.07) is 11.0. The minimum Gasteiger partial charge on any atom is -0.480 e. The molecule has 2 aromatic rings. The van der Waals surface area contributed by atoms with Gasteiger partial charge in [0.2, 0.25) is 0 Å². The van der Waals surface area contributed by atoms with Gasteiger partial charge in [0, 0.05) is 30.3 Å². The van der Waals surface area contributed by atoms with E-state index in [2.05, 4.69) is 5.32 Å². The zero-order valence-electron chi connectivity index (χ0n) is 18.6. The third-order valence-corrected chi connectivity index (χ3v) is 9.10. The molecule has 5 atom stereocenters. The number of hydrogen-bond acceptors (Lipinski definition) is 7. The number of anilines is 1. The molecule has 1 saturated heterocycles. The number of rotatable bonds is 5. The van der Waals surface area contributed by atoms with Crippen LogP contribution in [0.25, 0.3) is 0 Å². The number of nitrogens with one attached hydrogen (secondary N) is 1. The van der Waals surface area contributed by atoms with E-state index in [1.165, 1.54) is 17.8 Å². The van der Waals surface area contributed by atoms with Gasteiger partial charge < -0.3 is 20.1 Å². The van der Waals surface area contributed by atoms with Crippen LogP contribution in [0.4, 0.5) is 11.4 Å². The summed E-state index contributed by atoms with van der Waals surface area (Å²) >= 11 is 8.31. The number of thioether (sulfide) groups is 1. The third kappa shape index (κ3) is 4.34. The highest BCUT2D eigenvalue weighted by Gasteiger charge is 2.52. The predicted molar refractivity (Wildman–Crippen MR) is 131 cm³/mol. The van der Waals surface area contributed by atoms with Gasteiger partial charge in [-0.05, 0) is 30.0 Å². The Balaban J connectivity index is 1.50. The molecule has 0 radical (unpaired) electrons. The van der Waals surface area contributed by atoms with Crippen LogP contribution in [0.3, 0.4) is 0 Å². The van der Waals surface area contributed by atoms with Gasteiger partial charge in [0.15, 0.2) is 0 Å². The van der Waals surface area contributed by atoms with Crippen LogP contribution in [0.1, 0.15) is 28.3 Å². The van der Waals surface area contributed by atoms with E-state index in [0.717, 1.165) is 5.56 Å². The molecule has 1 aliphatic carbocycles. The minimum absolute atomic E-state index is 0.00272. The van der Waals surface area contributed by atoms with Crippen LogP contribution in [-0.2, 0) is 9.53 Å². The van der Waals surface area contributed by atoms with Crippen LogP contribution < -0.4 is 5.32 Å². The van der Waals surface area contributed by atoms with Gasteiger partial charge in [0.05, 0.1) is 39.7 Å². The van der Waals surface area contributed by atoms with E-state index in [0.29, 0.717) is 48.9 Å². The molecule has 5 unspecified atom stereocenters. The fraction of sp³-hybridized carbons (Fsp3) is 0.417. The fourth-order valence-electron chi connectivity index (χ4n) is 5.37. The molecule has 1 amide bonds. The lowest BCUT2D eigenvalue weighted by molar-refractivity contribution is -0.387. The van der Waals surface area contributed by atoms with Gasteiger partial charge in [0.1, 0.15) is 6.04 Å². The molecule has 9 nitrogen and oxygen atoms in total. The highest BCUT2D eigenvalue weighted by molar-refractivity contribution is 8.00. The van der Waals surface area contributed by atoms with Crippen LogP contribution in [0.2, 0.25) is 0 Å². The summed E-state index contributed by atoms with van der Waals surface area (Å²) in [5, 5.41) is 24.0. The lowest BCUT2D eigenvalue weighted by Crippen LogP contribution is -2.45. The first-order chi connectivity index (χ1) is 16.9. The lowest BCUT2D eigenvalue weighted by Gasteiger charge is -2.37. The average Bonchev–Trinajstić information content (AvgIpc) is 3.19. The molecule has 2 fully saturated rings. The Kier molecular flexibility index (Phi) is 6.61. The normalized spacial score (nSPS) is 27.5. The number of hydrogen-bond donors (Lipinski definition) is 2. The Morgan fingerprint density at radius 1 is 1.17 bits per heavy atom. The topological polar surface area (TPSA) is 122 Å². The number of alkyl halides is 1. The number of morpholine rings is 1. The van der Waals surface area contributed by atoms with Crippen molar-refractivity contribution in [1.29, 1.82) is 0 Å². The van der Waals surface area contributed by atoms with Gasteiger partial charge >= 0.3 is 5.97 Å². The van der Waals surface area contributed by atoms with Crippen LogP contribution in [0.15, 0.2) is 47.4 Å². The number of aliphatic carboxylic acids is 1. The number of carbonyl (C=O) groups is 2. The second kappa shape index (κ2) is 9.67. The number of nitrogens with zero attached hydrogens (tertiary/aromatic N) is 2. The molecule has 0 spiro atoms. The Labute approximate surface area is 210 Å². The number of ether oxygens (including phenoxy) is 1. The van der Waals surface area contributed by atoms with Crippen molar-refractivity contribution in [3.05, 3.63) is 63.7 Å². The molecule has 0 aromatic heterocycles. The lowest BCUT2D eigenvalue weighted by atomic mass is 9.78. The van der Waals surface area contributed by atoms with Crippen molar-refractivity contribution in [3.63, 3.8) is 0 Å². The maximum atomic E-state index is 13.3. The number of carbonyl (C=O) groups excluding carboxylic acids is 1. The molecule has 5 rings (SSSR count). The monoisotopic (exact) mass is 517 g/mol. The van der Waals surface area contributed by atoms with Crippen LogP contribution >= 0.6 is 23.4 Å². The Hall–Kier alpha value is -2.82. The Bertz CT molecular complexity index is 1170. The summed E-state index contributed by atoms with van der Waals surface area (Å²) in [5.41, 5.74) is 1.76. The molecular weight excluding hydrogens is 494 g/mol. The van der Waals surface area contributed by atoms with Gasteiger partial charge in [-0.1, -0.05) is 24.3 Å². The third-order valence-electron chi connectivity index (χ3n) is 6.98. The highest BCUT2D eigenvalue weighted by atomic mass is 35.5. The van der Waals surface area contributed by atoms with Gasteiger partial charge in [-0.25, -0.2) is 4.79 Å². The number of carboxylic acid groups (broad SMARTS) is 1. The first-order valence-electron chi connectivity index (χ1n) is 11.4. The number of fused-ring (bicyclic) bond motifs is 3. The maximum absolute atomic E-state index is 13.3. The van der Waals surface area contributed by atoms with E-state index >= 15 is 0 Å². The smallest absolute Gasteiger partial charge is 0.326 e. The molecule has 2 aromatic carbocycles. The molecule has 0 bridgehead atoms. The van der Waals surface area contributed by atoms with Crippen molar-refractivity contribution < 1.29 is 24.4 Å². The SMILES string of the molecule is O=C(O)C1Nc2c(C(=O)N3CCOCC3)cccc2C2C(Cl)C(Sc3ccccc3[N+](=O)[O-])CC12. The summed E-state index contributed by atoms with van der Waals surface area (Å²) in [5.74, 6) is -1.82. The summed E-state index contributed by atoms with van der Waals surface area (Å²) in [7, 11) is 0. The second-order valence-corrected chi connectivity index (χ2v) is 10.7. The maximum Gasteiger partial charge on any atom is 0.326 e. The molecule has 2 aliphatic heterocycles. The first-order valence-corrected chi connectivity index (χ1v) is 12.7. The number of nitro groups is 1. The average molecular weight is 518 g/mol. The van der Waals surface area contributed by atoms with E-state index in [1.807, 2.05) is 6.07 Å². The van der Waals surface area contributed by atoms with Crippen molar-refractivity contribution in [2.45, 2.75) is 33.9 Å². The van der Waals surface area contributed by atoms with Gasteiger partial charge in [-0.2, -0.15) is 0 Å². The van der Waals surface area contributed by atoms with Crippen molar-refractivity contribution in [3.8, 4) is 0 Å². The predicted octanol–water partition coefficient (Wildman–Crippen LogP) is 3.82. The number of amides is 1.